The third-order valence-electron chi connectivity index (χ3n) is 4.15. The summed E-state index contributed by atoms with van der Waals surface area (Å²) in [6.07, 6.45) is 2.20. The van der Waals surface area contributed by atoms with Crippen molar-refractivity contribution >= 4 is 29.9 Å². The second-order valence-corrected chi connectivity index (χ2v) is 6.25. The van der Waals surface area contributed by atoms with E-state index in [0.717, 1.165) is 68.8 Å². The number of methoxy groups -OCH3 is 1. The zero-order chi connectivity index (χ0) is 19.3. The van der Waals surface area contributed by atoms with Crippen LogP contribution in [-0.4, -0.2) is 58.7 Å². The Morgan fingerprint density at radius 1 is 1.25 bits per heavy atom. The van der Waals surface area contributed by atoms with Crippen molar-refractivity contribution < 1.29 is 18.9 Å². The Balaban J connectivity index is 0.00000392. The summed E-state index contributed by atoms with van der Waals surface area (Å²) in [5.41, 5.74) is 1.07. The van der Waals surface area contributed by atoms with E-state index in [1.807, 2.05) is 25.1 Å². The Morgan fingerprint density at radius 3 is 2.79 bits per heavy atom. The maximum absolute atomic E-state index is 5.78. The van der Waals surface area contributed by atoms with Gasteiger partial charge in [0.05, 0.1) is 33.0 Å². The molecule has 0 bridgehead atoms. The van der Waals surface area contributed by atoms with Crippen LogP contribution in [0.3, 0.4) is 0 Å². The Bertz CT molecular complexity index is 581. The van der Waals surface area contributed by atoms with Gasteiger partial charge in [-0.1, -0.05) is 6.07 Å². The smallest absolute Gasteiger partial charge is 0.191 e. The van der Waals surface area contributed by atoms with Crippen LogP contribution in [-0.2, 0) is 16.0 Å². The number of ether oxygens (including phenoxy) is 4. The van der Waals surface area contributed by atoms with Gasteiger partial charge in [-0.15, -0.1) is 24.0 Å². The van der Waals surface area contributed by atoms with Crippen molar-refractivity contribution in [2.75, 3.05) is 46.6 Å². The molecule has 0 amide bonds. The Labute approximate surface area is 185 Å². The van der Waals surface area contributed by atoms with E-state index in [2.05, 4.69) is 22.5 Å². The largest absolute Gasteiger partial charge is 0.493 e. The molecule has 1 aliphatic heterocycles. The Hall–Kier alpha value is -1.26. The third-order valence-corrected chi connectivity index (χ3v) is 4.15. The van der Waals surface area contributed by atoms with Crippen LogP contribution >= 0.6 is 24.0 Å². The molecule has 1 atom stereocenters. The third kappa shape index (κ3) is 8.83. The van der Waals surface area contributed by atoms with E-state index in [9.17, 15) is 0 Å². The SMILES string of the molecule is CCNC(=NCc1ccc(OCC)c(OC)c1)NCCCOC1CCOC1.I. The van der Waals surface area contributed by atoms with E-state index in [1.54, 1.807) is 7.11 Å². The lowest BCUT2D eigenvalue weighted by atomic mass is 10.2. The number of aliphatic imine (C=N–C) groups is 1. The average molecular weight is 507 g/mol. The van der Waals surface area contributed by atoms with Crippen molar-refractivity contribution in [1.29, 1.82) is 0 Å². The molecule has 0 radical (unpaired) electrons. The maximum Gasteiger partial charge on any atom is 0.191 e. The average Bonchev–Trinajstić information content (AvgIpc) is 3.20. The second-order valence-electron chi connectivity index (χ2n) is 6.25. The van der Waals surface area contributed by atoms with Gasteiger partial charge in [0.25, 0.3) is 0 Å². The van der Waals surface area contributed by atoms with Crippen LogP contribution in [0.4, 0.5) is 0 Å². The molecule has 1 aromatic rings. The first-order valence-corrected chi connectivity index (χ1v) is 9.78. The Morgan fingerprint density at radius 2 is 2.11 bits per heavy atom. The highest BCUT2D eigenvalue weighted by Gasteiger charge is 2.15. The van der Waals surface area contributed by atoms with Crippen LogP contribution < -0.4 is 20.1 Å². The molecule has 0 aromatic heterocycles. The van der Waals surface area contributed by atoms with Gasteiger partial charge in [0.2, 0.25) is 0 Å². The van der Waals surface area contributed by atoms with Gasteiger partial charge >= 0.3 is 0 Å². The standard InChI is InChI=1S/C20H33N3O4.HI/c1-4-21-20(22-10-6-11-27-17-9-12-25-15-17)23-14-16-7-8-18(26-5-2)19(13-16)24-3;/h7-8,13,17H,4-6,9-12,14-15H2,1-3H3,(H2,21,22,23);1H. The molecule has 2 rings (SSSR count). The number of halogens is 1. The van der Waals surface area contributed by atoms with Crippen molar-refractivity contribution in [2.24, 2.45) is 4.99 Å². The van der Waals surface area contributed by atoms with Crippen molar-refractivity contribution in [3.8, 4) is 11.5 Å². The van der Waals surface area contributed by atoms with Gasteiger partial charge in [0.1, 0.15) is 0 Å². The molecule has 2 N–H and O–H groups in total. The lowest BCUT2D eigenvalue weighted by Crippen LogP contribution is -2.38. The quantitative estimate of drug-likeness (QED) is 0.208. The molecule has 1 aromatic carbocycles. The van der Waals surface area contributed by atoms with E-state index in [-0.39, 0.29) is 30.1 Å². The van der Waals surface area contributed by atoms with Gasteiger partial charge < -0.3 is 29.6 Å². The van der Waals surface area contributed by atoms with Crippen LogP contribution in [0.15, 0.2) is 23.2 Å². The van der Waals surface area contributed by atoms with E-state index < -0.39 is 0 Å². The predicted molar refractivity (Wildman–Crippen MR) is 122 cm³/mol. The van der Waals surface area contributed by atoms with E-state index >= 15 is 0 Å². The minimum Gasteiger partial charge on any atom is -0.493 e. The Kier molecular flexibility index (Phi) is 13.0. The molecule has 0 saturated carbocycles. The second kappa shape index (κ2) is 14.7. The minimum atomic E-state index is 0. The summed E-state index contributed by atoms with van der Waals surface area (Å²) >= 11 is 0. The van der Waals surface area contributed by atoms with Crippen molar-refractivity contribution in [1.82, 2.24) is 10.6 Å². The van der Waals surface area contributed by atoms with E-state index in [4.69, 9.17) is 18.9 Å². The summed E-state index contributed by atoms with van der Waals surface area (Å²) in [4.78, 5) is 4.65. The monoisotopic (exact) mass is 507 g/mol. The normalized spacial score (nSPS) is 16.4. The van der Waals surface area contributed by atoms with Crippen LogP contribution in [0.25, 0.3) is 0 Å². The highest BCUT2D eigenvalue weighted by molar-refractivity contribution is 14.0. The summed E-state index contributed by atoms with van der Waals surface area (Å²) in [7, 11) is 1.65. The number of guanidine groups is 1. The highest BCUT2D eigenvalue weighted by Crippen LogP contribution is 2.28. The molecular weight excluding hydrogens is 473 g/mol. The molecule has 1 fully saturated rings. The van der Waals surface area contributed by atoms with Crippen LogP contribution in [0.1, 0.15) is 32.3 Å². The summed E-state index contributed by atoms with van der Waals surface area (Å²) in [5, 5.41) is 6.62. The number of nitrogens with one attached hydrogen (secondary N) is 2. The van der Waals surface area contributed by atoms with E-state index in [1.165, 1.54) is 0 Å². The molecular formula is C20H34IN3O4. The predicted octanol–water partition coefficient (Wildman–Crippen LogP) is 2.96. The number of benzene rings is 1. The summed E-state index contributed by atoms with van der Waals surface area (Å²) < 4.78 is 22.0. The van der Waals surface area contributed by atoms with Gasteiger partial charge in [0, 0.05) is 26.3 Å². The topological polar surface area (TPSA) is 73.3 Å². The van der Waals surface area contributed by atoms with Gasteiger partial charge in [-0.25, -0.2) is 4.99 Å². The molecule has 160 valence electrons. The lowest BCUT2D eigenvalue weighted by Gasteiger charge is -2.13. The fourth-order valence-electron chi connectivity index (χ4n) is 2.77. The number of hydrogen-bond donors (Lipinski definition) is 2. The molecule has 0 aliphatic carbocycles. The van der Waals surface area contributed by atoms with Crippen molar-refractivity contribution in [3.05, 3.63) is 23.8 Å². The van der Waals surface area contributed by atoms with Crippen molar-refractivity contribution in [2.45, 2.75) is 39.3 Å². The van der Waals surface area contributed by atoms with Crippen LogP contribution in [0, 0.1) is 0 Å². The first-order valence-electron chi connectivity index (χ1n) is 9.78. The molecule has 1 unspecified atom stereocenters. The fraction of sp³-hybridized carbons (Fsp3) is 0.650. The zero-order valence-corrected chi connectivity index (χ0v) is 19.5. The molecule has 1 saturated heterocycles. The number of rotatable bonds is 11. The molecule has 1 aliphatic rings. The fourth-order valence-corrected chi connectivity index (χ4v) is 2.77. The lowest BCUT2D eigenvalue weighted by molar-refractivity contribution is 0.0420. The summed E-state index contributed by atoms with van der Waals surface area (Å²) in [5.74, 6) is 2.29. The molecule has 1 heterocycles. The van der Waals surface area contributed by atoms with Gasteiger partial charge in [0.15, 0.2) is 17.5 Å². The molecule has 0 spiro atoms. The maximum atomic E-state index is 5.78. The summed E-state index contributed by atoms with van der Waals surface area (Å²) in [6, 6.07) is 5.91. The summed E-state index contributed by atoms with van der Waals surface area (Å²) in [6.45, 7) is 9.09. The molecule has 7 nitrogen and oxygen atoms in total. The van der Waals surface area contributed by atoms with Crippen LogP contribution in [0.5, 0.6) is 11.5 Å². The van der Waals surface area contributed by atoms with Crippen molar-refractivity contribution in [3.63, 3.8) is 0 Å². The number of nitrogens with zero attached hydrogens (tertiary/aromatic N) is 1. The van der Waals surface area contributed by atoms with Crippen LogP contribution in [0.2, 0.25) is 0 Å². The first-order chi connectivity index (χ1) is 13.3. The van der Waals surface area contributed by atoms with Gasteiger partial charge in [-0.05, 0) is 44.4 Å². The minimum absolute atomic E-state index is 0. The van der Waals surface area contributed by atoms with Gasteiger partial charge in [-0.2, -0.15) is 0 Å². The van der Waals surface area contributed by atoms with E-state index in [0.29, 0.717) is 13.2 Å². The molecule has 28 heavy (non-hydrogen) atoms. The molecule has 8 heteroatoms. The van der Waals surface area contributed by atoms with Gasteiger partial charge in [-0.3, -0.25) is 0 Å². The zero-order valence-electron chi connectivity index (χ0n) is 17.2. The highest BCUT2D eigenvalue weighted by atomic mass is 127. The number of hydrogen-bond acceptors (Lipinski definition) is 5. The first kappa shape index (κ1) is 24.8.